The highest BCUT2D eigenvalue weighted by Crippen LogP contribution is 2.24. The quantitative estimate of drug-likeness (QED) is 0.579. The minimum atomic E-state index is 0.0294. The third kappa shape index (κ3) is 5.99. The number of hydrogen-bond acceptors (Lipinski definition) is 4. The van der Waals surface area contributed by atoms with Gasteiger partial charge in [0.15, 0.2) is 5.96 Å². The first-order valence-corrected chi connectivity index (χ1v) is 10.6. The Bertz CT molecular complexity index is 752. The number of piperidine rings is 1. The van der Waals surface area contributed by atoms with Gasteiger partial charge in [0.25, 0.3) is 0 Å². The molecule has 1 aliphatic heterocycles. The number of likely N-dealkylation sites (N-methyl/N-ethyl adjacent to an activating group) is 1. The van der Waals surface area contributed by atoms with Crippen LogP contribution in [0.5, 0.6) is 0 Å². The number of hydrogen-bond donors (Lipinski definition) is 2. The van der Waals surface area contributed by atoms with Crippen molar-refractivity contribution in [1.29, 1.82) is 0 Å². The Labute approximate surface area is 171 Å². The average Bonchev–Trinajstić information content (AvgIpc) is 3.26. The maximum Gasteiger partial charge on any atom is 0.241 e. The van der Waals surface area contributed by atoms with E-state index in [1.807, 2.05) is 18.2 Å². The molecule has 0 aliphatic carbocycles. The molecule has 1 aliphatic rings. The third-order valence-corrected chi connectivity index (χ3v) is 5.75. The van der Waals surface area contributed by atoms with E-state index in [2.05, 4.69) is 45.2 Å². The van der Waals surface area contributed by atoms with Gasteiger partial charge in [-0.25, -0.2) is 4.99 Å². The number of carbonyl (C=O) groups excluding carboxylic acids is 1. The highest BCUT2D eigenvalue weighted by Gasteiger charge is 2.21. The van der Waals surface area contributed by atoms with Gasteiger partial charge in [0, 0.05) is 33.2 Å². The Morgan fingerprint density at radius 2 is 1.93 bits per heavy atom. The predicted molar refractivity (Wildman–Crippen MR) is 117 cm³/mol. The van der Waals surface area contributed by atoms with Crippen molar-refractivity contribution in [2.24, 2.45) is 4.99 Å². The van der Waals surface area contributed by atoms with Crippen molar-refractivity contribution in [2.75, 3.05) is 38.6 Å². The van der Waals surface area contributed by atoms with E-state index < -0.39 is 0 Å². The molecule has 1 fully saturated rings. The van der Waals surface area contributed by atoms with Crippen molar-refractivity contribution < 1.29 is 4.79 Å². The van der Waals surface area contributed by atoms with Crippen molar-refractivity contribution in [1.82, 2.24) is 15.5 Å². The molecule has 0 radical (unpaired) electrons. The molecule has 1 aromatic carbocycles. The SMILES string of the molecule is CN(C)C(=O)CNC(=NCc1ccccc1)NC1CCN(c2cccs2)CC1. The summed E-state index contributed by atoms with van der Waals surface area (Å²) in [7, 11) is 3.52. The summed E-state index contributed by atoms with van der Waals surface area (Å²) < 4.78 is 0. The van der Waals surface area contributed by atoms with E-state index in [0.717, 1.165) is 31.5 Å². The molecule has 0 bridgehead atoms. The third-order valence-electron chi connectivity index (χ3n) is 4.82. The fourth-order valence-electron chi connectivity index (χ4n) is 3.11. The van der Waals surface area contributed by atoms with Crippen LogP contribution in [0.4, 0.5) is 5.00 Å². The molecule has 1 aromatic heterocycles. The lowest BCUT2D eigenvalue weighted by molar-refractivity contribution is -0.127. The molecule has 1 saturated heterocycles. The van der Waals surface area contributed by atoms with Crippen LogP contribution in [-0.4, -0.2) is 56.5 Å². The number of rotatable bonds is 6. The molecule has 28 heavy (non-hydrogen) atoms. The first-order valence-electron chi connectivity index (χ1n) is 9.69. The fraction of sp³-hybridized carbons (Fsp3) is 0.429. The van der Waals surface area contributed by atoms with E-state index in [0.29, 0.717) is 18.5 Å². The number of anilines is 1. The second kappa shape index (κ2) is 10.1. The van der Waals surface area contributed by atoms with Crippen LogP contribution >= 0.6 is 11.3 Å². The van der Waals surface area contributed by atoms with Gasteiger partial charge in [-0.05, 0) is 35.9 Å². The maximum absolute atomic E-state index is 12.0. The predicted octanol–water partition coefficient (Wildman–Crippen LogP) is 2.54. The molecule has 0 atom stereocenters. The summed E-state index contributed by atoms with van der Waals surface area (Å²) >= 11 is 1.79. The highest BCUT2D eigenvalue weighted by molar-refractivity contribution is 7.14. The van der Waals surface area contributed by atoms with Gasteiger partial charge in [0.05, 0.1) is 18.1 Å². The van der Waals surface area contributed by atoms with Gasteiger partial charge in [0.2, 0.25) is 5.91 Å². The normalized spacial score (nSPS) is 15.4. The number of nitrogens with one attached hydrogen (secondary N) is 2. The second-order valence-corrected chi connectivity index (χ2v) is 8.08. The zero-order valence-corrected chi connectivity index (χ0v) is 17.4. The standard InChI is InChI=1S/C21H29N5OS/c1-25(2)19(27)16-23-21(22-15-17-7-4-3-5-8-17)24-18-10-12-26(13-11-18)20-9-6-14-28-20/h3-9,14,18H,10-13,15-16H2,1-2H3,(H2,22,23,24). The Morgan fingerprint density at radius 3 is 2.57 bits per heavy atom. The molecule has 0 spiro atoms. The average molecular weight is 400 g/mol. The monoisotopic (exact) mass is 399 g/mol. The van der Waals surface area contributed by atoms with E-state index >= 15 is 0 Å². The number of benzene rings is 1. The second-order valence-electron chi connectivity index (χ2n) is 7.15. The summed E-state index contributed by atoms with van der Waals surface area (Å²) in [5.74, 6) is 0.732. The molecule has 2 heterocycles. The van der Waals surface area contributed by atoms with E-state index in [-0.39, 0.29) is 12.5 Å². The van der Waals surface area contributed by atoms with E-state index in [1.165, 1.54) is 5.00 Å². The van der Waals surface area contributed by atoms with Crippen molar-refractivity contribution in [3.63, 3.8) is 0 Å². The highest BCUT2D eigenvalue weighted by atomic mass is 32.1. The lowest BCUT2D eigenvalue weighted by Crippen LogP contribution is -2.50. The zero-order valence-electron chi connectivity index (χ0n) is 16.6. The summed E-state index contributed by atoms with van der Waals surface area (Å²) in [5, 5.41) is 10.2. The van der Waals surface area contributed by atoms with Crippen LogP contribution in [0.3, 0.4) is 0 Å². The van der Waals surface area contributed by atoms with Crippen molar-refractivity contribution >= 4 is 28.2 Å². The smallest absolute Gasteiger partial charge is 0.241 e. The molecule has 7 heteroatoms. The summed E-state index contributed by atoms with van der Waals surface area (Å²) in [5.41, 5.74) is 1.15. The van der Waals surface area contributed by atoms with Crippen LogP contribution in [0, 0.1) is 0 Å². The van der Waals surface area contributed by atoms with Crippen LogP contribution in [0.2, 0.25) is 0 Å². The van der Waals surface area contributed by atoms with Crippen LogP contribution < -0.4 is 15.5 Å². The van der Waals surface area contributed by atoms with E-state index in [1.54, 1.807) is 30.3 Å². The topological polar surface area (TPSA) is 60.0 Å². The number of carbonyl (C=O) groups is 1. The molecule has 1 amide bonds. The molecule has 6 nitrogen and oxygen atoms in total. The molecule has 0 saturated carbocycles. The van der Waals surface area contributed by atoms with Crippen molar-refractivity contribution in [2.45, 2.75) is 25.4 Å². The summed E-state index contributed by atoms with van der Waals surface area (Å²) in [6.45, 7) is 2.88. The fourth-order valence-corrected chi connectivity index (χ4v) is 3.90. The molecule has 2 N–H and O–H groups in total. The molecular formula is C21H29N5OS. The molecule has 0 unspecified atom stereocenters. The largest absolute Gasteiger partial charge is 0.363 e. The number of guanidine groups is 1. The number of nitrogens with zero attached hydrogens (tertiary/aromatic N) is 3. The first-order chi connectivity index (χ1) is 13.6. The Morgan fingerprint density at radius 1 is 1.18 bits per heavy atom. The van der Waals surface area contributed by atoms with Crippen LogP contribution in [-0.2, 0) is 11.3 Å². The molecule has 150 valence electrons. The molecule has 2 aromatic rings. The van der Waals surface area contributed by atoms with Gasteiger partial charge in [-0.2, -0.15) is 0 Å². The van der Waals surface area contributed by atoms with Gasteiger partial charge in [-0.1, -0.05) is 30.3 Å². The molecular weight excluding hydrogens is 370 g/mol. The summed E-state index contributed by atoms with van der Waals surface area (Å²) in [6, 6.07) is 14.8. The minimum absolute atomic E-state index is 0.0294. The van der Waals surface area contributed by atoms with Gasteiger partial charge < -0.3 is 20.4 Å². The van der Waals surface area contributed by atoms with Crippen molar-refractivity contribution in [3.05, 3.63) is 53.4 Å². The Kier molecular flexibility index (Phi) is 7.31. The van der Waals surface area contributed by atoms with Gasteiger partial charge in [-0.3, -0.25) is 4.79 Å². The van der Waals surface area contributed by atoms with Crippen LogP contribution in [0.1, 0.15) is 18.4 Å². The van der Waals surface area contributed by atoms with Gasteiger partial charge in [-0.15, -0.1) is 11.3 Å². The number of amides is 1. The van der Waals surface area contributed by atoms with Crippen LogP contribution in [0.25, 0.3) is 0 Å². The Balaban J connectivity index is 1.57. The van der Waals surface area contributed by atoms with Crippen LogP contribution in [0.15, 0.2) is 52.8 Å². The maximum atomic E-state index is 12.0. The van der Waals surface area contributed by atoms with Gasteiger partial charge >= 0.3 is 0 Å². The van der Waals surface area contributed by atoms with E-state index in [9.17, 15) is 4.79 Å². The minimum Gasteiger partial charge on any atom is -0.363 e. The lowest BCUT2D eigenvalue weighted by Gasteiger charge is -2.33. The van der Waals surface area contributed by atoms with Crippen molar-refractivity contribution in [3.8, 4) is 0 Å². The molecule has 3 rings (SSSR count). The van der Waals surface area contributed by atoms with E-state index in [4.69, 9.17) is 4.99 Å². The first kappa shape index (κ1) is 20.2. The lowest BCUT2D eigenvalue weighted by atomic mass is 10.1. The summed E-state index contributed by atoms with van der Waals surface area (Å²) in [4.78, 5) is 20.7. The number of aliphatic imine (C=N–C) groups is 1. The number of thiophene rings is 1. The van der Waals surface area contributed by atoms with Gasteiger partial charge in [0.1, 0.15) is 0 Å². The summed E-state index contributed by atoms with van der Waals surface area (Å²) in [6.07, 6.45) is 2.09. The Hall–Kier alpha value is -2.54. The zero-order chi connectivity index (χ0) is 19.8.